The zero-order chi connectivity index (χ0) is 15.6. The second-order valence-electron chi connectivity index (χ2n) is 6.38. The molecule has 2 aliphatic rings. The van der Waals surface area contributed by atoms with E-state index in [4.69, 9.17) is 4.74 Å². The summed E-state index contributed by atoms with van der Waals surface area (Å²) in [6, 6.07) is 5.80. The fourth-order valence-electron chi connectivity index (χ4n) is 3.30. The Bertz CT molecular complexity index is 496. The number of halogens is 2. The molecule has 4 nitrogen and oxygen atoms in total. The standard InChI is InChI=1S/C16H23F2N3O/c1-22-15-4-2-3-14(19-15)12-21-7-5-20(6-8-21)11-13-9-16(17,18)10-13/h2-4,13H,5-12H2,1H3. The van der Waals surface area contributed by atoms with Crippen LogP contribution in [0.4, 0.5) is 8.78 Å². The lowest BCUT2D eigenvalue weighted by Crippen LogP contribution is -2.50. The summed E-state index contributed by atoms with van der Waals surface area (Å²) in [4.78, 5) is 9.10. The Hall–Kier alpha value is -1.27. The van der Waals surface area contributed by atoms with Crippen molar-refractivity contribution in [3.8, 4) is 5.88 Å². The SMILES string of the molecule is COc1cccc(CN2CCN(CC3CC(F)(F)C3)CC2)n1. The monoisotopic (exact) mass is 311 g/mol. The zero-order valence-corrected chi connectivity index (χ0v) is 13.0. The van der Waals surface area contributed by atoms with Crippen molar-refractivity contribution in [2.75, 3.05) is 39.8 Å². The molecule has 1 aliphatic carbocycles. The predicted molar refractivity (Wildman–Crippen MR) is 80.2 cm³/mol. The topological polar surface area (TPSA) is 28.6 Å². The van der Waals surface area contributed by atoms with Crippen LogP contribution in [0.1, 0.15) is 18.5 Å². The molecule has 0 radical (unpaired) electrons. The summed E-state index contributed by atoms with van der Waals surface area (Å²) in [5.41, 5.74) is 1.01. The quantitative estimate of drug-likeness (QED) is 0.834. The first-order valence-corrected chi connectivity index (χ1v) is 7.86. The number of aromatic nitrogens is 1. The number of alkyl halides is 2. The summed E-state index contributed by atoms with van der Waals surface area (Å²) >= 11 is 0. The summed E-state index contributed by atoms with van der Waals surface area (Å²) in [5.74, 6) is -1.58. The number of ether oxygens (including phenoxy) is 1. The maximum atomic E-state index is 12.9. The van der Waals surface area contributed by atoms with E-state index in [1.165, 1.54) is 0 Å². The van der Waals surface area contributed by atoms with Gasteiger partial charge in [-0.15, -0.1) is 0 Å². The molecule has 22 heavy (non-hydrogen) atoms. The largest absolute Gasteiger partial charge is 0.481 e. The van der Waals surface area contributed by atoms with Crippen molar-refractivity contribution in [1.82, 2.24) is 14.8 Å². The van der Waals surface area contributed by atoms with Crippen molar-refractivity contribution in [1.29, 1.82) is 0 Å². The van der Waals surface area contributed by atoms with Crippen molar-refractivity contribution in [2.45, 2.75) is 25.3 Å². The van der Waals surface area contributed by atoms with Gasteiger partial charge in [-0.2, -0.15) is 0 Å². The number of nitrogens with zero attached hydrogens (tertiary/aromatic N) is 3. The van der Waals surface area contributed by atoms with Crippen LogP contribution in [0.5, 0.6) is 5.88 Å². The van der Waals surface area contributed by atoms with Crippen LogP contribution in [0.2, 0.25) is 0 Å². The molecule has 0 N–H and O–H groups in total. The average molecular weight is 311 g/mol. The van der Waals surface area contributed by atoms with E-state index in [9.17, 15) is 8.78 Å². The van der Waals surface area contributed by atoms with Crippen LogP contribution in [0, 0.1) is 5.92 Å². The first-order chi connectivity index (χ1) is 10.5. The Morgan fingerprint density at radius 1 is 1.18 bits per heavy atom. The van der Waals surface area contributed by atoms with E-state index in [0.717, 1.165) is 45.0 Å². The molecule has 1 saturated carbocycles. The first-order valence-electron chi connectivity index (χ1n) is 7.86. The van der Waals surface area contributed by atoms with Gasteiger partial charge in [0.1, 0.15) is 0 Å². The maximum Gasteiger partial charge on any atom is 0.248 e. The average Bonchev–Trinajstić information content (AvgIpc) is 2.48. The predicted octanol–water partition coefficient (Wildman–Crippen LogP) is 2.25. The minimum atomic E-state index is -2.40. The Kier molecular flexibility index (Phi) is 4.59. The highest BCUT2D eigenvalue weighted by Crippen LogP contribution is 2.42. The van der Waals surface area contributed by atoms with Crippen LogP contribution < -0.4 is 4.74 Å². The van der Waals surface area contributed by atoms with Crippen LogP contribution >= 0.6 is 0 Å². The minimum absolute atomic E-state index is 0.0704. The normalized spacial score (nSPS) is 23.2. The number of hydrogen-bond donors (Lipinski definition) is 0. The molecule has 2 heterocycles. The molecule has 0 spiro atoms. The van der Waals surface area contributed by atoms with Gasteiger partial charge < -0.3 is 9.64 Å². The molecular formula is C16H23F2N3O. The molecule has 1 saturated heterocycles. The zero-order valence-electron chi connectivity index (χ0n) is 13.0. The Labute approximate surface area is 130 Å². The fourth-order valence-corrected chi connectivity index (χ4v) is 3.30. The third-order valence-corrected chi connectivity index (χ3v) is 4.53. The van der Waals surface area contributed by atoms with Crippen LogP contribution in [0.3, 0.4) is 0 Å². The molecule has 0 unspecified atom stereocenters. The van der Waals surface area contributed by atoms with E-state index >= 15 is 0 Å². The lowest BCUT2D eigenvalue weighted by Gasteiger charge is -2.41. The van der Waals surface area contributed by atoms with Gasteiger partial charge in [-0.1, -0.05) is 6.07 Å². The van der Waals surface area contributed by atoms with Crippen LogP contribution in [-0.4, -0.2) is 60.5 Å². The van der Waals surface area contributed by atoms with Gasteiger partial charge in [0.05, 0.1) is 12.8 Å². The third kappa shape index (κ3) is 3.93. The summed E-state index contributed by atoms with van der Waals surface area (Å²) in [6.07, 6.45) is 0.141. The van der Waals surface area contributed by atoms with Crippen molar-refractivity contribution >= 4 is 0 Å². The number of methoxy groups -OCH3 is 1. The molecule has 0 aromatic carbocycles. The summed E-state index contributed by atoms with van der Waals surface area (Å²) in [5, 5.41) is 0. The fraction of sp³-hybridized carbons (Fsp3) is 0.688. The number of rotatable bonds is 5. The maximum absolute atomic E-state index is 12.9. The highest BCUT2D eigenvalue weighted by atomic mass is 19.3. The van der Waals surface area contributed by atoms with Crippen molar-refractivity contribution < 1.29 is 13.5 Å². The van der Waals surface area contributed by atoms with Crippen LogP contribution in [-0.2, 0) is 6.54 Å². The number of piperazine rings is 1. The lowest BCUT2D eigenvalue weighted by molar-refractivity contribution is -0.117. The molecular weight excluding hydrogens is 288 g/mol. The first kappa shape index (κ1) is 15.6. The molecule has 6 heteroatoms. The van der Waals surface area contributed by atoms with Crippen molar-refractivity contribution in [3.05, 3.63) is 23.9 Å². The van der Waals surface area contributed by atoms with E-state index in [-0.39, 0.29) is 18.8 Å². The van der Waals surface area contributed by atoms with Gasteiger partial charge in [0.25, 0.3) is 0 Å². The smallest absolute Gasteiger partial charge is 0.248 e. The van der Waals surface area contributed by atoms with E-state index in [2.05, 4.69) is 14.8 Å². The molecule has 1 aromatic heterocycles. The van der Waals surface area contributed by atoms with Gasteiger partial charge in [0.15, 0.2) is 0 Å². The Morgan fingerprint density at radius 2 is 1.86 bits per heavy atom. The van der Waals surface area contributed by atoms with Crippen molar-refractivity contribution in [2.24, 2.45) is 5.92 Å². The molecule has 0 bridgehead atoms. The van der Waals surface area contributed by atoms with Gasteiger partial charge in [0.2, 0.25) is 11.8 Å². The van der Waals surface area contributed by atoms with Crippen LogP contribution in [0.25, 0.3) is 0 Å². The summed E-state index contributed by atoms with van der Waals surface area (Å²) in [6.45, 7) is 5.45. The number of hydrogen-bond acceptors (Lipinski definition) is 4. The summed E-state index contributed by atoms with van der Waals surface area (Å²) in [7, 11) is 1.62. The van der Waals surface area contributed by atoms with E-state index in [1.807, 2.05) is 18.2 Å². The second kappa shape index (κ2) is 6.46. The van der Waals surface area contributed by atoms with Gasteiger partial charge >= 0.3 is 0 Å². The van der Waals surface area contributed by atoms with E-state index in [1.54, 1.807) is 7.11 Å². The highest BCUT2D eigenvalue weighted by molar-refractivity contribution is 5.15. The minimum Gasteiger partial charge on any atom is -0.481 e. The highest BCUT2D eigenvalue weighted by Gasteiger charge is 2.45. The molecule has 0 atom stereocenters. The molecule has 3 rings (SSSR count). The molecule has 122 valence electrons. The Balaban J connectivity index is 1.42. The third-order valence-electron chi connectivity index (χ3n) is 4.53. The molecule has 1 aliphatic heterocycles. The van der Waals surface area contributed by atoms with Crippen molar-refractivity contribution in [3.63, 3.8) is 0 Å². The number of pyridine rings is 1. The molecule has 1 aromatic rings. The van der Waals surface area contributed by atoms with Gasteiger partial charge in [-0.3, -0.25) is 4.90 Å². The van der Waals surface area contributed by atoms with Gasteiger partial charge in [-0.25, -0.2) is 13.8 Å². The van der Waals surface area contributed by atoms with Gasteiger partial charge in [-0.05, 0) is 12.0 Å². The molecule has 0 amide bonds. The van der Waals surface area contributed by atoms with E-state index in [0.29, 0.717) is 5.88 Å². The second-order valence-corrected chi connectivity index (χ2v) is 6.38. The molecule has 2 fully saturated rings. The Morgan fingerprint density at radius 3 is 2.50 bits per heavy atom. The lowest BCUT2D eigenvalue weighted by atomic mass is 9.81. The van der Waals surface area contributed by atoms with E-state index < -0.39 is 5.92 Å². The van der Waals surface area contributed by atoms with Crippen LogP contribution in [0.15, 0.2) is 18.2 Å². The summed E-state index contributed by atoms with van der Waals surface area (Å²) < 4.78 is 30.9. The van der Waals surface area contributed by atoms with Gasteiger partial charge in [0, 0.05) is 58.2 Å².